The van der Waals surface area contributed by atoms with E-state index in [1.165, 1.54) is 0 Å². The molecular formula is C16H32AsO14S+. The molecule has 1 unspecified atom stereocenters. The normalized spacial score (nSPS) is 27.2. The molecule has 1 rings (SSSR count). The number of aliphatic hydroxyl groups excluding tert-OH is 5. The van der Waals surface area contributed by atoms with Gasteiger partial charge in [-0.3, -0.25) is 0 Å². The fourth-order valence-electron chi connectivity index (χ4n) is 2.91. The molecule has 0 radical (unpaired) electrons. The van der Waals surface area contributed by atoms with Gasteiger partial charge in [0, 0.05) is 0 Å². The number of hydrogen-bond acceptors (Lipinski definition) is 12. The average Bonchev–Trinajstić information content (AvgIpc) is 2.94. The van der Waals surface area contributed by atoms with E-state index in [9.17, 15) is 38.7 Å². The molecule has 7 atom stereocenters. The Hall–Kier alpha value is -0.422. The van der Waals surface area contributed by atoms with Crippen LogP contribution in [0, 0.1) is 0 Å². The number of rotatable bonds is 15. The van der Waals surface area contributed by atoms with Gasteiger partial charge >= 0.3 is 188 Å². The third-order valence-corrected chi connectivity index (χ3v) is 10.5. The molecule has 1 heterocycles. The van der Waals surface area contributed by atoms with E-state index in [2.05, 4.69) is 4.18 Å². The summed E-state index contributed by atoms with van der Waals surface area (Å²) in [5, 5.41) is 58.0. The molecule has 0 aromatic heterocycles. The second-order valence-electron chi connectivity index (χ2n) is 8.02. The molecule has 32 heavy (non-hydrogen) atoms. The van der Waals surface area contributed by atoms with Crippen LogP contribution in [0.25, 0.3) is 0 Å². The molecule has 0 aromatic rings. The van der Waals surface area contributed by atoms with Crippen molar-refractivity contribution >= 4 is 29.9 Å². The van der Waals surface area contributed by atoms with E-state index in [4.69, 9.17) is 23.9 Å². The first kappa shape index (κ1) is 29.6. The zero-order chi connectivity index (χ0) is 24.7. The number of carboxylic acids is 1. The fraction of sp³-hybridized carbons (Fsp3) is 0.938. The summed E-state index contributed by atoms with van der Waals surface area (Å²) >= 11 is -2.81. The minimum absolute atomic E-state index is 0.131. The SMILES string of the molecule is C[As+](C)(C[C@@H](OCC(O)CO)C(=O)O)C[C@H]1O[C@@H](OC[C@H](O)COS(=O)(=O)O)[C@H](O)[C@@H]1O. The minimum atomic E-state index is -4.74. The van der Waals surface area contributed by atoms with Crippen molar-refractivity contribution < 1.29 is 66.8 Å². The summed E-state index contributed by atoms with van der Waals surface area (Å²) in [6, 6.07) is 0. The zero-order valence-corrected chi connectivity index (χ0v) is 20.3. The molecule has 0 bridgehead atoms. The van der Waals surface area contributed by atoms with Crippen molar-refractivity contribution in [2.45, 2.75) is 64.8 Å². The van der Waals surface area contributed by atoms with Crippen LogP contribution in [0.3, 0.4) is 0 Å². The van der Waals surface area contributed by atoms with Crippen molar-refractivity contribution in [1.29, 1.82) is 0 Å². The van der Waals surface area contributed by atoms with Gasteiger partial charge in [0.25, 0.3) is 0 Å². The summed E-state index contributed by atoms with van der Waals surface area (Å²) < 4.78 is 49.3. The van der Waals surface area contributed by atoms with Crippen LogP contribution in [0.15, 0.2) is 0 Å². The van der Waals surface area contributed by atoms with Gasteiger partial charge in [0.1, 0.15) is 0 Å². The Bertz CT molecular complexity index is 688. The van der Waals surface area contributed by atoms with E-state index in [0.29, 0.717) is 0 Å². The Morgan fingerprint density at radius 3 is 2.25 bits per heavy atom. The summed E-state index contributed by atoms with van der Waals surface area (Å²) in [7, 11) is -4.74. The number of aliphatic carboxylic acids is 1. The van der Waals surface area contributed by atoms with Crippen molar-refractivity contribution in [3.05, 3.63) is 0 Å². The Morgan fingerprint density at radius 1 is 1.09 bits per heavy atom. The molecule has 1 aliphatic rings. The molecule has 0 aliphatic carbocycles. The summed E-state index contributed by atoms with van der Waals surface area (Å²) in [5.74, 6) is -1.24. The van der Waals surface area contributed by atoms with Crippen LogP contribution in [0.1, 0.15) is 0 Å². The zero-order valence-electron chi connectivity index (χ0n) is 17.6. The fourth-order valence-corrected chi connectivity index (χ4v) is 8.67. The molecule has 0 spiro atoms. The predicted octanol–water partition coefficient (Wildman–Crippen LogP) is -2.84. The Kier molecular flexibility index (Phi) is 11.9. The molecule has 0 saturated carbocycles. The number of hydrogen-bond donors (Lipinski definition) is 7. The van der Waals surface area contributed by atoms with Crippen LogP contribution in [0.5, 0.6) is 0 Å². The molecule has 14 nitrogen and oxygen atoms in total. The summed E-state index contributed by atoms with van der Waals surface area (Å²) in [6.45, 7) is -2.25. The first-order valence-corrected chi connectivity index (χ1v) is 17.3. The maximum atomic E-state index is 11.5. The summed E-state index contributed by atoms with van der Waals surface area (Å²) in [4.78, 5) is 11.5. The Balaban J connectivity index is 2.62. The molecule has 0 aromatic carbocycles. The number of carboxylic acid groups (broad SMARTS) is 1. The van der Waals surface area contributed by atoms with Gasteiger partial charge in [-0.1, -0.05) is 0 Å². The van der Waals surface area contributed by atoms with E-state index in [1.807, 2.05) is 11.4 Å². The monoisotopic (exact) mass is 555 g/mol. The van der Waals surface area contributed by atoms with Crippen LogP contribution in [-0.4, -0.2) is 132 Å². The van der Waals surface area contributed by atoms with Gasteiger partial charge in [-0.05, 0) is 0 Å². The van der Waals surface area contributed by atoms with Gasteiger partial charge in [0.2, 0.25) is 0 Å². The van der Waals surface area contributed by atoms with Gasteiger partial charge in [-0.25, -0.2) is 0 Å². The first-order valence-electron chi connectivity index (χ1n) is 9.53. The second kappa shape index (κ2) is 12.9. The van der Waals surface area contributed by atoms with Gasteiger partial charge in [-0.15, -0.1) is 0 Å². The van der Waals surface area contributed by atoms with Crippen LogP contribution >= 0.6 is 0 Å². The van der Waals surface area contributed by atoms with Crippen LogP contribution in [-0.2, 0) is 33.6 Å². The second-order valence-corrected chi connectivity index (χ2v) is 18.8. The molecule has 7 N–H and O–H groups in total. The summed E-state index contributed by atoms with van der Waals surface area (Å²) in [5.41, 5.74) is 3.71. The van der Waals surface area contributed by atoms with Crippen LogP contribution in [0.2, 0.25) is 21.8 Å². The molecule has 1 fully saturated rings. The van der Waals surface area contributed by atoms with Crippen molar-refractivity contribution in [1.82, 2.24) is 0 Å². The third-order valence-electron chi connectivity index (χ3n) is 4.49. The number of carbonyl (C=O) groups is 1. The van der Waals surface area contributed by atoms with Crippen LogP contribution in [0.4, 0.5) is 0 Å². The van der Waals surface area contributed by atoms with Crippen molar-refractivity contribution in [3.63, 3.8) is 0 Å². The van der Waals surface area contributed by atoms with Gasteiger partial charge in [-0.2, -0.15) is 0 Å². The molecule has 1 saturated heterocycles. The van der Waals surface area contributed by atoms with E-state index in [1.54, 1.807) is 0 Å². The van der Waals surface area contributed by atoms with Gasteiger partial charge in [0.15, 0.2) is 0 Å². The molecule has 1 aliphatic heterocycles. The Morgan fingerprint density at radius 2 is 1.72 bits per heavy atom. The predicted molar refractivity (Wildman–Crippen MR) is 108 cm³/mol. The van der Waals surface area contributed by atoms with Crippen LogP contribution < -0.4 is 0 Å². The first-order chi connectivity index (χ1) is 14.6. The van der Waals surface area contributed by atoms with Crippen molar-refractivity contribution in [2.24, 2.45) is 0 Å². The molecule has 0 amide bonds. The van der Waals surface area contributed by atoms with E-state index in [-0.39, 0.29) is 17.0 Å². The van der Waals surface area contributed by atoms with Gasteiger partial charge < -0.3 is 0 Å². The summed E-state index contributed by atoms with van der Waals surface area (Å²) in [6.07, 6.45) is -8.97. The quantitative estimate of drug-likeness (QED) is 0.0798. The number of aliphatic hydroxyl groups is 5. The number of ether oxygens (including phenoxy) is 3. The molecule has 16 heteroatoms. The van der Waals surface area contributed by atoms with E-state index < -0.39 is 92.7 Å². The average molecular weight is 555 g/mol. The van der Waals surface area contributed by atoms with Crippen molar-refractivity contribution in [2.75, 3.05) is 26.4 Å². The van der Waals surface area contributed by atoms with E-state index >= 15 is 0 Å². The maximum absolute atomic E-state index is 11.5. The topological polar surface area (TPSA) is 230 Å². The molecule has 190 valence electrons. The third kappa shape index (κ3) is 10.7. The van der Waals surface area contributed by atoms with Crippen molar-refractivity contribution in [3.8, 4) is 0 Å². The molecular weight excluding hydrogens is 523 g/mol. The Labute approximate surface area is 188 Å². The van der Waals surface area contributed by atoms with E-state index in [0.717, 1.165) is 0 Å². The van der Waals surface area contributed by atoms with Gasteiger partial charge in [0.05, 0.1) is 0 Å². The standard InChI is InChI=1S/C16H31AsO14S/c1-17(2,4-12(15(23)24)28-6-9(19)5-18)3-11-13(21)14(22)16(31-11)29-7-10(20)8-30-32(25,26)27/h9-14,16,18-22H,3-8H2,1-2H3,(H-,23,24,25,26,27)/p+1/t9?,10-,11+,12+,13+,14+,16+/m0/s1.